The average Bonchev–Trinajstić information content (AvgIpc) is 2.54. The first-order valence-electron chi connectivity index (χ1n) is 6.11. The number of hydrogen-bond donors (Lipinski definition) is 0. The van der Waals surface area contributed by atoms with E-state index in [0.29, 0.717) is 12.5 Å². The van der Waals surface area contributed by atoms with Gasteiger partial charge in [0.25, 0.3) is 0 Å². The maximum Gasteiger partial charge on any atom is 0.166 e. The van der Waals surface area contributed by atoms with E-state index in [0.717, 1.165) is 29.8 Å². The predicted octanol–water partition coefficient (Wildman–Crippen LogP) is 3.45. The summed E-state index contributed by atoms with van der Waals surface area (Å²) in [5.74, 6) is 0.199. The van der Waals surface area contributed by atoms with Crippen LogP contribution in [0.2, 0.25) is 0 Å². The van der Waals surface area contributed by atoms with Crippen LogP contribution in [0.1, 0.15) is 67.8 Å². The molecule has 0 spiro atoms. The van der Waals surface area contributed by atoms with Gasteiger partial charge in [-0.3, -0.25) is 9.48 Å². The van der Waals surface area contributed by atoms with Gasteiger partial charge < -0.3 is 0 Å². The number of carbonyl (C=O) groups excluding carboxylic acids is 1. The van der Waals surface area contributed by atoms with Gasteiger partial charge >= 0.3 is 0 Å². The molecule has 3 nitrogen and oxygen atoms in total. The normalized spacial score (nSPS) is 12.8. The van der Waals surface area contributed by atoms with Crippen LogP contribution < -0.4 is 0 Å². The van der Waals surface area contributed by atoms with Crippen molar-refractivity contribution in [3.8, 4) is 0 Å². The van der Waals surface area contributed by atoms with Crippen LogP contribution in [0.25, 0.3) is 0 Å². The van der Waals surface area contributed by atoms with Gasteiger partial charge in [-0.1, -0.05) is 20.3 Å². The largest absolute Gasteiger partial charge is 0.294 e. The number of hydrogen-bond acceptors (Lipinski definition) is 2. The van der Waals surface area contributed by atoms with E-state index in [-0.39, 0.29) is 5.78 Å². The van der Waals surface area contributed by atoms with Crippen LogP contribution in [0, 0.1) is 13.8 Å². The lowest BCUT2D eigenvalue weighted by atomic mass is 10.1. The van der Waals surface area contributed by atoms with E-state index in [1.807, 2.05) is 25.5 Å². The summed E-state index contributed by atoms with van der Waals surface area (Å²) < 4.78 is 2.00. The summed E-state index contributed by atoms with van der Waals surface area (Å²) in [7, 11) is 0. The number of aromatic nitrogens is 2. The molecule has 0 saturated carbocycles. The molecule has 1 unspecified atom stereocenters. The number of rotatable bonds is 5. The first kappa shape index (κ1) is 12.9. The SMILES string of the molecule is CCCC(C)n1nc(C)c(C(=O)CC)c1C. The second kappa shape index (κ2) is 5.28. The third-order valence-corrected chi connectivity index (χ3v) is 3.05. The lowest BCUT2D eigenvalue weighted by molar-refractivity contribution is 0.0987. The van der Waals surface area contributed by atoms with Crippen LogP contribution in [0.4, 0.5) is 0 Å². The van der Waals surface area contributed by atoms with Gasteiger partial charge in [0.2, 0.25) is 0 Å². The highest BCUT2D eigenvalue weighted by Gasteiger charge is 2.19. The Morgan fingerprint density at radius 2 is 2.00 bits per heavy atom. The van der Waals surface area contributed by atoms with Crippen molar-refractivity contribution >= 4 is 5.78 Å². The number of aryl methyl sites for hydroxylation is 1. The molecule has 0 aliphatic carbocycles. The first-order chi connectivity index (χ1) is 7.52. The van der Waals surface area contributed by atoms with Gasteiger partial charge in [0.15, 0.2) is 5.78 Å². The molecule has 1 rings (SSSR count). The Labute approximate surface area is 97.8 Å². The van der Waals surface area contributed by atoms with Crippen LogP contribution in [-0.4, -0.2) is 15.6 Å². The summed E-state index contributed by atoms with van der Waals surface area (Å²) in [6.07, 6.45) is 2.79. The summed E-state index contributed by atoms with van der Waals surface area (Å²) in [4.78, 5) is 11.8. The topological polar surface area (TPSA) is 34.9 Å². The van der Waals surface area contributed by atoms with Gasteiger partial charge in [-0.15, -0.1) is 0 Å². The van der Waals surface area contributed by atoms with Crippen LogP contribution >= 0.6 is 0 Å². The Morgan fingerprint density at radius 3 is 2.50 bits per heavy atom. The van der Waals surface area contributed by atoms with Crippen molar-refractivity contribution in [2.75, 3.05) is 0 Å². The van der Waals surface area contributed by atoms with Gasteiger partial charge in [-0.2, -0.15) is 5.10 Å². The Balaban J connectivity index is 3.11. The van der Waals surface area contributed by atoms with Gasteiger partial charge in [0.1, 0.15) is 0 Å². The highest BCUT2D eigenvalue weighted by molar-refractivity contribution is 5.97. The smallest absolute Gasteiger partial charge is 0.166 e. The zero-order valence-corrected chi connectivity index (χ0v) is 11.0. The predicted molar refractivity (Wildman–Crippen MR) is 65.9 cm³/mol. The fourth-order valence-corrected chi connectivity index (χ4v) is 2.21. The fourth-order valence-electron chi connectivity index (χ4n) is 2.21. The van der Waals surface area contributed by atoms with Gasteiger partial charge in [-0.05, 0) is 27.2 Å². The van der Waals surface area contributed by atoms with Crippen LogP contribution in [-0.2, 0) is 0 Å². The first-order valence-corrected chi connectivity index (χ1v) is 6.11. The molecule has 0 aromatic carbocycles. The third kappa shape index (κ3) is 2.34. The van der Waals surface area contributed by atoms with Crippen molar-refractivity contribution in [1.29, 1.82) is 0 Å². The molecule has 0 fully saturated rings. The standard InChI is InChI=1S/C13H22N2O/c1-6-8-9(3)15-11(5)13(10(4)14-15)12(16)7-2/h9H,6-8H2,1-5H3. The Hall–Kier alpha value is -1.12. The molecule has 16 heavy (non-hydrogen) atoms. The van der Waals surface area contributed by atoms with Crippen molar-refractivity contribution < 1.29 is 4.79 Å². The summed E-state index contributed by atoms with van der Waals surface area (Å²) in [6, 6.07) is 0.377. The monoisotopic (exact) mass is 222 g/mol. The summed E-state index contributed by atoms with van der Waals surface area (Å²) in [6.45, 7) is 10.1. The molecule has 0 bridgehead atoms. The second-order valence-electron chi connectivity index (χ2n) is 4.40. The number of Topliss-reactive ketones (excluding diaryl/α,β-unsaturated/α-hetero) is 1. The van der Waals surface area contributed by atoms with Crippen molar-refractivity contribution in [2.24, 2.45) is 0 Å². The van der Waals surface area contributed by atoms with E-state index < -0.39 is 0 Å². The summed E-state index contributed by atoms with van der Waals surface area (Å²) in [5.41, 5.74) is 2.71. The molecule has 0 N–H and O–H groups in total. The zero-order chi connectivity index (χ0) is 12.3. The minimum atomic E-state index is 0.199. The molecular weight excluding hydrogens is 200 g/mol. The van der Waals surface area contributed by atoms with Crippen molar-refractivity contribution in [1.82, 2.24) is 9.78 Å². The highest BCUT2D eigenvalue weighted by Crippen LogP contribution is 2.21. The van der Waals surface area contributed by atoms with Gasteiger partial charge in [0, 0.05) is 18.2 Å². The number of nitrogens with zero attached hydrogens (tertiary/aromatic N) is 2. The van der Waals surface area contributed by atoms with E-state index >= 15 is 0 Å². The highest BCUT2D eigenvalue weighted by atomic mass is 16.1. The van der Waals surface area contributed by atoms with E-state index in [2.05, 4.69) is 18.9 Å². The molecule has 0 aliphatic heterocycles. The summed E-state index contributed by atoms with van der Waals surface area (Å²) in [5, 5.41) is 4.49. The molecule has 1 aromatic heterocycles. The Morgan fingerprint density at radius 1 is 1.38 bits per heavy atom. The summed E-state index contributed by atoms with van der Waals surface area (Å²) >= 11 is 0. The number of ketones is 1. The fraction of sp³-hybridized carbons (Fsp3) is 0.692. The van der Waals surface area contributed by atoms with Crippen LogP contribution in [0.5, 0.6) is 0 Å². The molecule has 0 amide bonds. The molecule has 1 atom stereocenters. The van der Waals surface area contributed by atoms with Crippen molar-refractivity contribution in [3.05, 3.63) is 17.0 Å². The maximum atomic E-state index is 11.8. The minimum Gasteiger partial charge on any atom is -0.294 e. The Bertz CT molecular complexity index is 380. The molecule has 0 saturated heterocycles. The molecule has 3 heteroatoms. The van der Waals surface area contributed by atoms with Gasteiger partial charge in [0.05, 0.1) is 11.3 Å². The Kier molecular flexibility index (Phi) is 4.27. The lowest BCUT2D eigenvalue weighted by Gasteiger charge is -2.13. The molecular formula is C13H22N2O. The van der Waals surface area contributed by atoms with E-state index in [1.54, 1.807) is 0 Å². The van der Waals surface area contributed by atoms with Crippen LogP contribution in [0.15, 0.2) is 0 Å². The number of carbonyl (C=O) groups is 1. The van der Waals surface area contributed by atoms with Crippen molar-refractivity contribution in [2.45, 2.75) is 59.9 Å². The molecule has 90 valence electrons. The van der Waals surface area contributed by atoms with Crippen molar-refractivity contribution in [3.63, 3.8) is 0 Å². The molecule has 1 heterocycles. The second-order valence-corrected chi connectivity index (χ2v) is 4.40. The average molecular weight is 222 g/mol. The van der Waals surface area contributed by atoms with Gasteiger partial charge in [-0.25, -0.2) is 0 Å². The molecule has 0 radical (unpaired) electrons. The molecule has 1 aromatic rings. The van der Waals surface area contributed by atoms with Crippen LogP contribution in [0.3, 0.4) is 0 Å². The zero-order valence-electron chi connectivity index (χ0n) is 11.0. The lowest BCUT2D eigenvalue weighted by Crippen LogP contribution is -2.09. The molecule has 0 aliphatic rings. The van der Waals surface area contributed by atoms with E-state index in [9.17, 15) is 4.79 Å². The maximum absolute atomic E-state index is 11.8. The third-order valence-electron chi connectivity index (χ3n) is 3.05. The van der Waals surface area contributed by atoms with E-state index in [4.69, 9.17) is 0 Å². The minimum absolute atomic E-state index is 0.199. The quantitative estimate of drug-likeness (QED) is 0.715. The van der Waals surface area contributed by atoms with E-state index in [1.165, 1.54) is 0 Å².